The first-order valence-electron chi connectivity index (χ1n) is 6.41. The van der Waals surface area contributed by atoms with E-state index in [0.717, 1.165) is 25.8 Å². The van der Waals surface area contributed by atoms with Crippen molar-refractivity contribution in [2.24, 2.45) is 11.7 Å². The lowest BCUT2D eigenvalue weighted by molar-refractivity contribution is -0.139. The molecular weight excluding hydrogens is 200 g/mol. The van der Waals surface area contributed by atoms with Gasteiger partial charge in [-0.1, -0.05) is 13.8 Å². The monoisotopic (exact) mass is 226 g/mol. The first kappa shape index (κ1) is 13.5. The number of carbonyl (C=O) groups excluding carboxylic acids is 1. The van der Waals surface area contributed by atoms with Crippen molar-refractivity contribution in [3.8, 4) is 0 Å². The number of hydrogen-bond donors (Lipinski definition) is 1. The second kappa shape index (κ2) is 5.17. The van der Waals surface area contributed by atoms with Crippen molar-refractivity contribution in [2.45, 2.75) is 65.0 Å². The summed E-state index contributed by atoms with van der Waals surface area (Å²) in [6.07, 6.45) is 3.70. The van der Waals surface area contributed by atoms with Gasteiger partial charge in [0.15, 0.2) is 0 Å². The van der Waals surface area contributed by atoms with E-state index in [9.17, 15) is 4.79 Å². The van der Waals surface area contributed by atoms with E-state index in [1.54, 1.807) is 0 Å². The number of amides is 1. The number of rotatable bonds is 3. The Balaban J connectivity index is 2.60. The molecule has 0 bridgehead atoms. The molecule has 3 heteroatoms. The number of hydrogen-bond acceptors (Lipinski definition) is 2. The third-order valence-corrected chi connectivity index (χ3v) is 3.74. The third-order valence-electron chi connectivity index (χ3n) is 3.74. The highest BCUT2D eigenvalue weighted by atomic mass is 16.2. The summed E-state index contributed by atoms with van der Waals surface area (Å²) < 4.78 is 0. The Hall–Kier alpha value is -0.570. The van der Waals surface area contributed by atoms with E-state index >= 15 is 0 Å². The Morgan fingerprint density at radius 1 is 1.50 bits per heavy atom. The molecule has 0 saturated carbocycles. The van der Waals surface area contributed by atoms with Gasteiger partial charge in [0.25, 0.3) is 0 Å². The molecule has 0 aliphatic carbocycles. The predicted octanol–water partition coefficient (Wildman–Crippen LogP) is 2.15. The van der Waals surface area contributed by atoms with Crippen LogP contribution in [0.2, 0.25) is 0 Å². The minimum Gasteiger partial charge on any atom is -0.336 e. The van der Waals surface area contributed by atoms with E-state index in [1.165, 1.54) is 0 Å². The van der Waals surface area contributed by atoms with Gasteiger partial charge in [0, 0.05) is 19.0 Å². The van der Waals surface area contributed by atoms with Crippen LogP contribution in [0, 0.1) is 5.92 Å². The molecule has 16 heavy (non-hydrogen) atoms. The van der Waals surface area contributed by atoms with E-state index in [-0.39, 0.29) is 17.5 Å². The number of nitrogens with zero attached hydrogens (tertiary/aromatic N) is 1. The summed E-state index contributed by atoms with van der Waals surface area (Å²) in [6, 6.07) is 0.115. The second-order valence-corrected chi connectivity index (χ2v) is 5.88. The SMILES string of the molecule is CC(C)CCC(=O)N1CCCC(N)C1(C)C. The Kier molecular flexibility index (Phi) is 4.36. The number of likely N-dealkylation sites (tertiary alicyclic amines) is 1. The summed E-state index contributed by atoms with van der Waals surface area (Å²) in [4.78, 5) is 14.1. The molecule has 1 rings (SSSR count). The summed E-state index contributed by atoms with van der Waals surface area (Å²) in [5, 5.41) is 0. The maximum Gasteiger partial charge on any atom is 0.223 e. The molecule has 0 aromatic heterocycles. The van der Waals surface area contributed by atoms with Crippen molar-refractivity contribution in [3.63, 3.8) is 0 Å². The van der Waals surface area contributed by atoms with Crippen LogP contribution in [0.5, 0.6) is 0 Å². The Morgan fingerprint density at radius 3 is 2.69 bits per heavy atom. The molecule has 1 unspecified atom stereocenters. The van der Waals surface area contributed by atoms with Gasteiger partial charge >= 0.3 is 0 Å². The van der Waals surface area contributed by atoms with E-state index in [4.69, 9.17) is 5.73 Å². The molecule has 1 amide bonds. The van der Waals surface area contributed by atoms with Gasteiger partial charge in [-0.15, -0.1) is 0 Å². The molecule has 0 aromatic rings. The molecule has 1 aliphatic rings. The number of piperidine rings is 1. The van der Waals surface area contributed by atoms with Gasteiger partial charge < -0.3 is 10.6 Å². The van der Waals surface area contributed by atoms with Crippen molar-refractivity contribution in [3.05, 3.63) is 0 Å². The molecule has 1 atom stereocenters. The molecule has 0 radical (unpaired) electrons. The van der Waals surface area contributed by atoms with Crippen LogP contribution in [-0.4, -0.2) is 28.9 Å². The molecule has 3 nitrogen and oxygen atoms in total. The van der Waals surface area contributed by atoms with Gasteiger partial charge in [-0.25, -0.2) is 0 Å². The van der Waals surface area contributed by atoms with Crippen LogP contribution in [0.25, 0.3) is 0 Å². The van der Waals surface area contributed by atoms with Crippen molar-refractivity contribution >= 4 is 5.91 Å². The zero-order chi connectivity index (χ0) is 12.3. The third kappa shape index (κ3) is 2.97. The molecule has 1 heterocycles. The molecule has 1 aliphatic heterocycles. The van der Waals surface area contributed by atoms with Gasteiger partial charge in [-0.3, -0.25) is 4.79 Å². The lowest BCUT2D eigenvalue weighted by Crippen LogP contribution is -2.61. The van der Waals surface area contributed by atoms with Gasteiger partial charge in [0.2, 0.25) is 5.91 Å². The topological polar surface area (TPSA) is 46.3 Å². The minimum absolute atomic E-state index is 0.115. The van der Waals surface area contributed by atoms with Crippen LogP contribution < -0.4 is 5.73 Å². The average molecular weight is 226 g/mol. The predicted molar refractivity (Wildman–Crippen MR) is 67.1 cm³/mol. The lowest BCUT2D eigenvalue weighted by atomic mass is 9.85. The Morgan fingerprint density at radius 2 is 2.12 bits per heavy atom. The smallest absolute Gasteiger partial charge is 0.223 e. The zero-order valence-electron chi connectivity index (χ0n) is 11.1. The fourth-order valence-corrected chi connectivity index (χ4v) is 2.30. The largest absolute Gasteiger partial charge is 0.336 e. The van der Waals surface area contributed by atoms with Gasteiger partial charge in [-0.2, -0.15) is 0 Å². The number of carbonyl (C=O) groups is 1. The standard InChI is InChI=1S/C13H26N2O/c1-10(2)7-8-12(16)15-9-5-6-11(14)13(15,3)4/h10-11H,5-9,14H2,1-4H3. The summed E-state index contributed by atoms with van der Waals surface area (Å²) in [5.74, 6) is 0.861. The lowest BCUT2D eigenvalue weighted by Gasteiger charge is -2.46. The average Bonchev–Trinajstić information content (AvgIpc) is 2.18. The normalized spacial score (nSPS) is 24.9. The highest BCUT2D eigenvalue weighted by Gasteiger charge is 2.38. The Labute approximate surface area is 99.4 Å². The van der Waals surface area contributed by atoms with E-state index in [0.29, 0.717) is 12.3 Å². The maximum atomic E-state index is 12.1. The van der Waals surface area contributed by atoms with Crippen molar-refractivity contribution in [1.82, 2.24) is 4.90 Å². The first-order valence-corrected chi connectivity index (χ1v) is 6.41. The molecular formula is C13H26N2O. The summed E-state index contributed by atoms with van der Waals surface area (Å²) in [7, 11) is 0. The maximum absolute atomic E-state index is 12.1. The molecule has 0 spiro atoms. The van der Waals surface area contributed by atoms with Crippen molar-refractivity contribution < 1.29 is 4.79 Å². The van der Waals surface area contributed by atoms with Crippen LogP contribution in [0.3, 0.4) is 0 Å². The van der Waals surface area contributed by atoms with E-state index < -0.39 is 0 Å². The fraction of sp³-hybridized carbons (Fsp3) is 0.923. The molecule has 2 N–H and O–H groups in total. The van der Waals surface area contributed by atoms with Gasteiger partial charge in [0.05, 0.1) is 5.54 Å². The van der Waals surface area contributed by atoms with Crippen LogP contribution in [0.1, 0.15) is 53.4 Å². The zero-order valence-corrected chi connectivity index (χ0v) is 11.1. The van der Waals surface area contributed by atoms with E-state index in [2.05, 4.69) is 27.7 Å². The van der Waals surface area contributed by atoms with Crippen LogP contribution in [0.15, 0.2) is 0 Å². The van der Waals surface area contributed by atoms with Crippen LogP contribution in [0.4, 0.5) is 0 Å². The number of nitrogens with two attached hydrogens (primary N) is 1. The Bertz CT molecular complexity index is 248. The summed E-state index contributed by atoms with van der Waals surface area (Å²) in [5.41, 5.74) is 5.93. The van der Waals surface area contributed by atoms with Crippen molar-refractivity contribution in [1.29, 1.82) is 0 Å². The minimum atomic E-state index is -0.174. The van der Waals surface area contributed by atoms with Crippen molar-refractivity contribution in [2.75, 3.05) is 6.54 Å². The fourth-order valence-electron chi connectivity index (χ4n) is 2.30. The quantitative estimate of drug-likeness (QED) is 0.801. The first-order chi connectivity index (χ1) is 7.35. The highest BCUT2D eigenvalue weighted by Crippen LogP contribution is 2.27. The molecule has 1 fully saturated rings. The van der Waals surface area contributed by atoms with E-state index in [1.807, 2.05) is 4.90 Å². The molecule has 1 saturated heterocycles. The van der Waals surface area contributed by atoms with Gasteiger partial charge in [-0.05, 0) is 39.0 Å². The summed E-state index contributed by atoms with van der Waals surface area (Å²) in [6.45, 7) is 9.35. The molecule has 94 valence electrons. The summed E-state index contributed by atoms with van der Waals surface area (Å²) >= 11 is 0. The molecule has 0 aromatic carbocycles. The van der Waals surface area contributed by atoms with Crippen LogP contribution in [-0.2, 0) is 4.79 Å². The second-order valence-electron chi connectivity index (χ2n) is 5.88. The highest BCUT2D eigenvalue weighted by molar-refractivity contribution is 5.77. The van der Waals surface area contributed by atoms with Crippen LogP contribution >= 0.6 is 0 Å². The van der Waals surface area contributed by atoms with Gasteiger partial charge in [0.1, 0.15) is 0 Å².